The van der Waals surface area contributed by atoms with Gasteiger partial charge in [-0.15, -0.1) is 17.9 Å². The zero-order valence-corrected chi connectivity index (χ0v) is 18.5. The number of thiophene rings is 1. The van der Waals surface area contributed by atoms with Crippen LogP contribution in [0.4, 0.5) is 0 Å². The van der Waals surface area contributed by atoms with E-state index in [4.69, 9.17) is 4.98 Å². The van der Waals surface area contributed by atoms with E-state index in [2.05, 4.69) is 11.9 Å². The molecule has 2 aliphatic carbocycles. The molecule has 1 fully saturated rings. The summed E-state index contributed by atoms with van der Waals surface area (Å²) in [4.78, 5) is 32.7. The number of rotatable bonds is 6. The minimum Gasteiger partial charge on any atom is -0.353 e. The number of fused-ring (bicyclic) bond motifs is 3. The lowest BCUT2D eigenvalue weighted by atomic mass is 9.97. The molecule has 1 N–H and O–H groups in total. The summed E-state index contributed by atoms with van der Waals surface area (Å²) in [6.07, 6.45) is 13.1. The van der Waals surface area contributed by atoms with Gasteiger partial charge in [-0.25, -0.2) is 4.98 Å². The third-order valence-electron chi connectivity index (χ3n) is 5.90. The zero-order chi connectivity index (χ0) is 20.2. The van der Waals surface area contributed by atoms with E-state index in [1.54, 1.807) is 22.0 Å². The molecular weight excluding hydrogens is 402 g/mol. The maximum absolute atomic E-state index is 13.2. The van der Waals surface area contributed by atoms with Gasteiger partial charge in [-0.05, 0) is 44.1 Å². The predicted octanol–water partition coefficient (Wildman–Crippen LogP) is 4.45. The van der Waals surface area contributed by atoms with E-state index < -0.39 is 0 Å². The van der Waals surface area contributed by atoms with Crippen LogP contribution in [0, 0.1) is 0 Å². The Kier molecular flexibility index (Phi) is 6.75. The topological polar surface area (TPSA) is 64.0 Å². The Balaban J connectivity index is 1.54. The Morgan fingerprint density at radius 2 is 1.97 bits per heavy atom. The molecule has 1 saturated carbocycles. The van der Waals surface area contributed by atoms with Crippen molar-refractivity contribution in [3.05, 3.63) is 33.4 Å². The maximum atomic E-state index is 13.2. The standard InChI is InChI=1S/C22H29N3O2S2/c1-2-13-25-21(27)19-16-11-7-8-12-17(16)29-20(19)24-22(25)28-14-18(26)23-15-9-5-3-4-6-10-15/h2,15H,1,3-14H2,(H,23,26). The summed E-state index contributed by atoms with van der Waals surface area (Å²) in [6.45, 7) is 4.22. The average molecular weight is 432 g/mol. The maximum Gasteiger partial charge on any atom is 0.263 e. The molecule has 0 saturated heterocycles. The molecule has 156 valence electrons. The first-order valence-electron chi connectivity index (χ1n) is 10.8. The van der Waals surface area contributed by atoms with Crippen LogP contribution in [0.3, 0.4) is 0 Å². The summed E-state index contributed by atoms with van der Waals surface area (Å²) in [5, 5.41) is 4.59. The Bertz CT molecular complexity index is 955. The summed E-state index contributed by atoms with van der Waals surface area (Å²) in [5.74, 6) is 0.323. The van der Waals surface area contributed by atoms with Gasteiger partial charge >= 0.3 is 0 Å². The van der Waals surface area contributed by atoms with E-state index in [1.165, 1.54) is 54.3 Å². The van der Waals surface area contributed by atoms with Crippen LogP contribution in [-0.4, -0.2) is 27.3 Å². The lowest BCUT2D eigenvalue weighted by molar-refractivity contribution is -0.119. The van der Waals surface area contributed by atoms with Gasteiger partial charge in [0.1, 0.15) is 4.83 Å². The quantitative estimate of drug-likeness (QED) is 0.318. The highest BCUT2D eigenvalue weighted by atomic mass is 32.2. The van der Waals surface area contributed by atoms with Gasteiger partial charge in [0.2, 0.25) is 5.91 Å². The number of nitrogens with zero attached hydrogens (tertiary/aromatic N) is 2. The van der Waals surface area contributed by atoms with Gasteiger partial charge in [0.05, 0.1) is 11.1 Å². The molecule has 2 aliphatic rings. The molecule has 2 heterocycles. The predicted molar refractivity (Wildman–Crippen MR) is 121 cm³/mol. The lowest BCUT2D eigenvalue weighted by Gasteiger charge is -2.16. The number of carbonyl (C=O) groups is 1. The number of hydrogen-bond acceptors (Lipinski definition) is 5. The van der Waals surface area contributed by atoms with Gasteiger partial charge in [0.15, 0.2) is 5.16 Å². The van der Waals surface area contributed by atoms with Crippen molar-refractivity contribution < 1.29 is 4.79 Å². The summed E-state index contributed by atoms with van der Waals surface area (Å²) < 4.78 is 1.68. The van der Waals surface area contributed by atoms with Gasteiger partial charge in [-0.1, -0.05) is 43.5 Å². The zero-order valence-electron chi connectivity index (χ0n) is 16.9. The second-order valence-corrected chi connectivity index (χ2v) is 10.1. The van der Waals surface area contributed by atoms with Crippen LogP contribution in [0.2, 0.25) is 0 Å². The highest BCUT2D eigenvalue weighted by Gasteiger charge is 2.22. The Morgan fingerprint density at radius 1 is 1.21 bits per heavy atom. The van der Waals surface area contributed by atoms with Crippen LogP contribution in [0.5, 0.6) is 0 Å². The van der Waals surface area contributed by atoms with E-state index in [1.807, 2.05) is 0 Å². The first-order chi connectivity index (χ1) is 14.2. The van der Waals surface area contributed by atoms with E-state index >= 15 is 0 Å². The third-order valence-corrected chi connectivity index (χ3v) is 8.07. The van der Waals surface area contributed by atoms with Crippen LogP contribution >= 0.6 is 23.1 Å². The first kappa shape index (κ1) is 20.7. The van der Waals surface area contributed by atoms with Crippen molar-refractivity contribution in [3.63, 3.8) is 0 Å². The van der Waals surface area contributed by atoms with Crippen molar-refractivity contribution in [2.24, 2.45) is 0 Å². The fourth-order valence-corrected chi connectivity index (χ4v) is 6.57. The van der Waals surface area contributed by atoms with E-state index in [0.29, 0.717) is 17.7 Å². The number of allylic oxidation sites excluding steroid dienone is 1. The molecule has 2 aromatic heterocycles. The van der Waals surface area contributed by atoms with E-state index in [9.17, 15) is 9.59 Å². The first-order valence-corrected chi connectivity index (χ1v) is 12.6. The molecule has 0 unspecified atom stereocenters. The molecule has 0 bridgehead atoms. The molecule has 0 spiro atoms. The Hall–Kier alpha value is -1.60. The molecule has 7 heteroatoms. The largest absolute Gasteiger partial charge is 0.353 e. The lowest BCUT2D eigenvalue weighted by Crippen LogP contribution is -2.35. The molecule has 0 radical (unpaired) electrons. The molecule has 0 aliphatic heterocycles. The Labute approximate surface area is 180 Å². The summed E-state index contributed by atoms with van der Waals surface area (Å²) in [7, 11) is 0. The molecule has 0 atom stereocenters. The molecule has 1 amide bonds. The third kappa shape index (κ3) is 4.61. The van der Waals surface area contributed by atoms with Crippen molar-refractivity contribution in [1.29, 1.82) is 0 Å². The number of carbonyl (C=O) groups excluding carboxylic acids is 1. The van der Waals surface area contributed by atoms with Gasteiger partial charge in [-0.2, -0.15) is 0 Å². The van der Waals surface area contributed by atoms with Crippen LogP contribution in [0.15, 0.2) is 22.6 Å². The van der Waals surface area contributed by atoms with Crippen LogP contribution < -0.4 is 10.9 Å². The molecule has 4 rings (SSSR count). The fourth-order valence-electron chi connectivity index (χ4n) is 4.44. The number of amides is 1. The van der Waals surface area contributed by atoms with Crippen molar-refractivity contribution in [2.45, 2.75) is 82.0 Å². The fraction of sp³-hybridized carbons (Fsp3) is 0.591. The number of aromatic nitrogens is 2. The minimum atomic E-state index is 0.0148. The van der Waals surface area contributed by atoms with Gasteiger partial charge < -0.3 is 5.32 Å². The highest BCUT2D eigenvalue weighted by Crippen LogP contribution is 2.34. The van der Waals surface area contributed by atoms with Crippen molar-refractivity contribution in [3.8, 4) is 0 Å². The Morgan fingerprint density at radius 3 is 2.72 bits per heavy atom. The van der Waals surface area contributed by atoms with Crippen molar-refractivity contribution in [1.82, 2.24) is 14.9 Å². The van der Waals surface area contributed by atoms with E-state index in [-0.39, 0.29) is 17.2 Å². The number of nitrogens with one attached hydrogen (secondary N) is 1. The van der Waals surface area contributed by atoms with Crippen LogP contribution in [0.1, 0.15) is 61.8 Å². The SMILES string of the molecule is C=CCn1c(SCC(=O)NC2CCCCCC2)nc2sc3c(c2c1=O)CCCC3. The molecule has 2 aromatic rings. The van der Waals surface area contributed by atoms with Crippen molar-refractivity contribution in [2.75, 3.05) is 5.75 Å². The number of thioether (sulfide) groups is 1. The second-order valence-electron chi connectivity index (χ2n) is 8.03. The van der Waals surface area contributed by atoms with Crippen LogP contribution in [-0.2, 0) is 24.2 Å². The number of hydrogen-bond donors (Lipinski definition) is 1. The highest BCUT2D eigenvalue weighted by molar-refractivity contribution is 7.99. The second kappa shape index (κ2) is 9.47. The normalized spacial score (nSPS) is 17.7. The van der Waals surface area contributed by atoms with E-state index in [0.717, 1.165) is 42.3 Å². The number of aryl methyl sites for hydroxylation is 2. The monoisotopic (exact) mass is 431 g/mol. The molecule has 5 nitrogen and oxygen atoms in total. The smallest absolute Gasteiger partial charge is 0.263 e. The molecule has 29 heavy (non-hydrogen) atoms. The minimum absolute atomic E-state index is 0.0148. The average Bonchev–Trinajstić information content (AvgIpc) is 2.89. The molecule has 0 aromatic carbocycles. The van der Waals surface area contributed by atoms with Crippen LogP contribution in [0.25, 0.3) is 10.2 Å². The molecular formula is C22H29N3O2S2. The van der Waals surface area contributed by atoms with Crippen molar-refractivity contribution >= 4 is 39.2 Å². The van der Waals surface area contributed by atoms with Gasteiger partial charge in [-0.3, -0.25) is 14.2 Å². The summed E-state index contributed by atoms with van der Waals surface area (Å²) in [6, 6.07) is 0.292. The van der Waals surface area contributed by atoms with Gasteiger partial charge in [0, 0.05) is 17.5 Å². The summed E-state index contributed by atoms with van der Waals surface area (Å²) >= 11 is 3.02. The van der Waals surface area contributed by atoms with Gasteiger partial charge in [0.25, 0.3) is 5.56 Å². The summed E-state index contributed by atoms with van der Waals surface area (Å²) in [5.41, 5.74) is 1.22.